The Bertz CT molecular complexity index is 624. The second kappa shape index (κ2) is 7.41. The van der Waals surface area contributed by atoms with Crippen LogP contribution < -0.4 is 10.9 Å². The Morgan fingerprint density at radius 2 is 2.17 bits per heavy atom. The number of aliphatic hydroxyl groups is 3. The van der Waals surface area contributed by atoms with Gasteiger partial charge in [-0.3, -0.25) is 14.2 Å². The molecule has 10 heteroatoms. The van der Waals surface area contributed by atoms with E-state index in [4.69, 9.17) is 4.74 Å². The molecule has 128 valence electrons. The highest BCUT2D eigenvalue weighted by Gasteiger charge is 2.45. The Kier molecular flexibility index (Phi) is 5.76. The summed E-state index contributed by atoms with van der Waals surface area (Å²) >= 11 is 1.19. The standard InChI is InChI=1S/C13H19N3O6S/c1-6(18)14-9-11(21)10(20)7(5-17)22-12(9)16-4-3-8(19)15-13(16)23-2/h3-4,7,9-12,17,20-21H,5H2,1-2H3,(H,14,18)/t7-,9-,10-,11-,12-/m1/s1. The fourth-order valence-corrected chi connectivity index (χ4v) is 3.02. The molecule has 1 amide bonds. The number of nitrogens with one attached hydrogen (secondary N) is 1. The summed E-state index contributed by atoms with van der Waals surface area (Å²) in [5, 5.41) is 32.4. The first-order valence-corrected chi connectivity index (χ1v) is 8.14. The highest BCUT2D eigenvalue weighted by atomic mass is 32.2. The average molecular weight is 345 g/mol. The first-order valence-electron chi connectivity index (χ1n) is 6.91. The zero-order valence-electron chi connectivity index (χ0n) is 12.6. The SMILES string of the molecule is CSc1nc(=O)ccn1[C@@H]1O[C@H](CO)[C@@H](O)[C@H](O)[C@H]1NC(C)=O. The van der Waals surface area contributed by atoms with Crippen LogP contribution in [0.1, 0.15) is 13.2 Å². The zero-order valence-corrected chi connectivity index (χ0v) is 13.4. The van der Waals surface area contributed by atoms with E-state index in [0.29, 0.717) is 5.16 Å². The molecular formula is C13H19N3O6S. The number of hydrogen-bond donors (Lipinski definition) is 4. The summed E-state index contributed by atoms with van der Waals surface area (Å²) in [7, 11) is 0. The van der Waals surface area contributed by atoms with E-state index in [9.17, 15) is 24.9 Å². The molecule has 23 heavy (non-hydrogen) atoms. The van der Waals surface area contributed by atoms with Gasteiger partial charge >= 0.3 is 0 Å². The van der Waals surface area contributed by atoms with Crippen molar-refractivity contribution in [3.8, 4) is 0 Å². The molecule has 5 atom stereocenters. The molecule has 1 aromatic heterocycles. The number of aromatic nitrogens is 2. The van der Waals surface area contributed by atoms with E-state index in [1.165, 1.54) is 35.5 Å². The van der Waals surface area contributed by atoms with Crippen LogP contribution in [0.5, 0.6) is 0 Å². The van der Waals surface area contributed by atoms with E-state index in [-0.39, 0.29) is 0 Å². The fraction of sp³-hybridized carbons (Fsp3) is 0.615. The second-order valence-corrected chi connectivity index (χ2v) is 5.89. The largest absolute Gasteiger partial charge is 0.394 e. The van der Waals surface area contributed by atoms with Gasteiger partial charge in [-0.25, -0.2) is 0 Å². The van der Waals surface area contributed by atoms with Gasteiger partial charge in [-0.2, -0.15) is 4.98 Å². The molecule has 0 saturated carbocycles. The molecule has 2 heterocycles. The molecule has 0 radical (unpaired) electrons. The lowest BCUT2D eigenvalue weighted by molar-refractivity contribution is -0.218. The lowest BCUT2D eigenvalue weighted by atomic mass is 9.96. The predicted molar refractivity (Wildman–Crippen MR) is 80.9 cm³/mol. The number of rotatable bonds is 4. The van der Waals surface area contributed by atoms with Crippen molar-refractivity contribution < 1.29 is 24.9 Å². The summed E-state index contributed by atoms with van der Waals surface area (Å²) in [6, 6.07) is 0.250. The molecule has 0 aliphatic carbocycles. The molecule has 0 spiro atoms. The smallest absolute Gasteiger partial charge is 0.273 e. The van der Waals surface area contributed by atoms with Gasteiger partial charge in [0.05, 0.1) is 6.61 Å². The normalized spacial score (nSPS) is 30.9. The average Bonchev–Trinajstić information content (AvgIpc) is 2.52. The summed E-state index contributed by atoms with van der Waals surface area (Å²) < 4.78 is 7.11. The Balaban J connectivity index is 2.46. The molecule has 2 rings (SSSR count). The summed E-state index contributed by atoms with van der Waals surface area (Å²) in [6.45, 7) is 0.761. The highest BCUT2D eigenvalue weighted by molar-refractivity contribution is 7.98. The van der Waals surface area contributed by atoms with Gasteiger partial charge in [-0.15, -0.1) is 0 Å². The summed E-state index contributed by atoms with van der Waals surface area (Å²) in [6.07, 6.45) is -1.55. The Morgan fingerprint density at radius 1 is 1.48 bits per heavy atom. The van der Waals surface area contributed by atoms with Crippen LogP contribution in [0.3, 0.4) is 0 Å². The van der Waals surface area contributed by atoms with Crippen molar-refractivity contribution in [1.29, 1.82) is 0 Å². The van der Waals surface area contributed by atoms with Crippen LogP contribution in [0, 0.1) is 0 Å². The van der Waals surface area contributed by atoms with Crippen molar-refractivity contribution in [1.82, 2.24) is 14.9 Å². The van der Waals surface area contributed by atoms with Gasteiger partial charge < -0.3 is 25.4 Å². The van der Waals surface area contributed by atoms with Crippen LogP contribution in [0.2, 0.25) is 0 Å². The lowest BCUT2D eigenvalue weighted by Gasteiger charge is -2.43. The summed E-state index contributed by atoms with van der Waals surface area (Å²) in [4.78, 5) is 26.7. The van der Waals surface area contributed by atoms with E-state index >= 15 is 0 Å². The van der Waals surface area contributed by atoms with Crippen molar-refractivity contribution in [2.24, 2.45) is 0 Å². The Morgan fingerprint density at radius 3 is 2.74 bits per heavy atom. The number of hydrogen-bond acceptors (Lipinski definition) is 8. The number of nitrogens with zero attached hydrogens (tertiary/aromatic N) is 2. The minimum absolute atomic E-state index is 0.318. The molecule has 1 fully saturated rings. The van der Waals surface area contributed by atoms with Crippen LogP contribution in [0.15, 0.2) is 22.2 Å². The van der Waals surface area contributed by atoms with E-state index in [1.54, 1.807) is 6.26 Å². The molecule has 1 saturated heterocycles. The third-order valence-electron chi connectivity index (χ3n) is 3.53. The van der Waals surface area contributed by atoms with E-state index < -0.39 is 48.7 Å². The van der Waals surface area contributed by atoms with E-state index in [2.05, 4.69) is 10.3 Å². The quantitative estimate of drug-likeness (QED) is 0.367. The van der Waals surface area contributed by atoms with Crippen LogP contribution >= 0.6 is 11.8 Å². The maximum absolute atomic E-state index is 11.4. The monoisotopic (exact) mass is 345 g/mol. The zero-order chi connectivity index (χ0) is 17.1. The van der Waals surface area contributed by atoms with Crippen molar-refractivity contribution in [3.05, 3.63) is 22.6 Å². The number of amides is 1. The minimum Gasteiger partial charge on any atom is -0.394 e. The molecule has 1 aromatic rings. The lowest BCUT2D eigenvalue weighted by Crippen LogP contribution is -2.62. The maximum atomic E-state index is 11.4. The van der Waals surface area contributed by atoms with Crippen molar-refractivity contribution >= 4 is 17.7 Å². The Labute approximate surface area is 136 Å². The first-order chi connectivity index (χ1) is 10.9. The van der Waals surface area contributed by atoms with Gasteiger partial charge in [0.2, 0.25) is 5.91 Å². The third-order valence-corrected chi connectivity index (χ3v) is 4.20. The Hall–Kier alpha value is -1.46. The topological polar surface area (TPSA) is 134 Å². The van der Waals surface area contributed by atoms with Crippen LogP contribution in [0.4, 0.5) is 0 Å². The molecule has 0 unspecified atom stereocenters. The van der Waals surface area contributed by atoms with Gasteiger partial charge in [0.25, 0.3) is 5.56 Å². The number of ether oxygens (including phenoxy) is 1. The van der Waals surface area contributed by atoms with Crippen LogP contribution in [-0.4, -0.2) is 68.0 Å². The molecule has 9 nitrogen and oxygen atoms in total. The van der Waals surface area contributed by atoms with Gasteiger partial charge in [0.15, 0.2) is 11.4 Å². The van der Waals surface area contributed by atoms with E-state index in [0.717, 1.165) is 0 Å². The fourth-order valence-electron chi connectivity index (χ4n) is 2.47. The van der Waals surface area contributed by atoms with Crippen molar-refractivity contribution in [3.63, 3.8) is 0 Å². The summed E-state index contributed by atoms with van der Waals surface area (Å²) in [5.74, 6) is -0.419. The first kappa shape index (κ1) is 17.9. The van der Waals surface area contributed by atoms with Gasteiger partial charge in [0.1, 0.15) is 24.4 Å². The molecule has 0 aromatic carbocycles. The number of carbonyl (C=O) groups excluding carboxylic acids is 1. The van der Waals surface area contributed by atoms with Crippen LogP contribution in [-0.2, 0) is 9.53 Å². The molecular weight excluding hydrogens is 326 g/mol. The van der Waals surface area contributed by atoms with Gasteiger partial charge in [-0.05, 0) is 6.26 Å². The van der Waals surface area contributed by atoms with Gasteiger partial charge in [0, 0.05) is 19.2 Å². The minimum atomic E-state index is -1.36. The van der Waals surface area contributed by atoms with Gasteiger partial charge in [-0.1, -0.05) is 11.8 Å². The van der Waals surface area contributed by atoms with Crippen LogP contribution in [0.25, 0.3) is 0 Å². The highest BCUT2D eigenvalue weighted by Crippen LogP contribution is 2.30. The second-order valence-electron chi connectivity index (χ2n) is 5.11. The maximum Gasteiger partial charge on any atom is 0.273 e. The van der Waals surface area contributed by atoms with E-state index in [1.807, 2.05) is 0 Å². The third kappa shape index (κ3) is 3.72. The molecule has 0 bridgehead atoms. The molecule has 1 aliphatic rings. The number of thioether (sulfide) groups is 1. The van der Waals surface area contributed by atoms with Crippen molar-refractivity contribution in [2.45, 2.75) is 42.7 Å². The predicted octanol–water partition coefficient (Wildman–Crippen LogP) is -1.92. The summed E-state index contributed by atoms with van der Waals surface area (Å²) in [5.41, 5.74) is -0.434. The number of carbonyl (C=O) groups is 1. The number of aliphatic hydroxyl groups excluding tert-OH is 3. The van der Waals surface area contributed by atoms with Crippen molar-refractivity contribution in [2.75, 3.05) is 12.9 Å². The molecule has 4 N–H and O–H groups in total. The molecule has 1 aliphatic heterocycles.